The Labute approximate surface area is 185 Å². The van der Waals surface area contributed by atoms with Crippen molar-refractivity contribution in [3.8, 4) is 11.5 Å². The molecule has 30 heavy (non-hydrogen) atoms. The molecular weight excluding hydrogens is 424 g/mol. The summed E-state index contributed by atoms with van der Waals surface area (Å²) in [7, 11) is 1.53. The van der Waals surface area contributed by atoms with E-state index in [4.69, 9.17) is 21.1 Å². The summed E-state index contributed by atoms with van der Waals surface area (Å²) in [6.07, 6.45) is 3.69. The first-order valence-electron chi connectivity index (χ1n) is 9.42. The quantitative estimate of drug-likeness (QED) is 0.606. The fraction of sp³-hybridized carbons (Fsp3) is 0.318. The number of nitrogens with zero attached hydrogens (tertiary/aromatic N) is 1. The number of aliphatic hydroxyl groups is 1. The smallest absolute Gasteiger partial charge is 0.327 e. The van der Waals surface area contributed by atoms with E-state index in [-0.39, 0.29) is 18.0 Å². The van der Waals surface area contributed by atoms with Crippen LogP contribution < -0.4 is 19.7 Å². The number of benzene rings is 2. The number of hydrogen-bond acceptors (Lipinski definition) is 5. The zero-order valence-corrected chi connectivity index (χ0v) is 18.7. The number of anilines is 1. The SMILES string of the molecule is COc1cc(N2C=CC(SCc3ccc(Cl)cc3)NC2=O)ccc1OCC(C)(C)O. The number of carbonyl (C=O) groups excluding carboxylic acids is 1. The average Bonchev–Trinajstić information content (AvgIpc) is 2.71. The Hall–Kier alpha value is -2.35. The van der Waals surface area contributed by atoms with E-state index in [9.17, 15) is 9.90 Å². The highest BCUT2D eigenvalue weighted by atomic mass is 35.5. The first kappa shape index (κ1) is 22.3. The van der Waals surface area contributed by atoms with Crippen LogP contribution in [-0.4, -0.2) is 35.8 Å². The Morgan fingerprint density at radius 2 is 1.93 bits per heavy atom. The van der Waals surface area contributed by atoms with Gasteiger partial charge in [-0.1, -0.05) is 23.7 Å². The highest BCUT2D eigenvalue weighted by molar-refractivity contribution is 7.99. The van der Waals surface area contributed by atoms with Crippen molar-refractivity contribution in [3.63, 3.8) is 0 Å². The van der Waals surface area contributed by atoms with Crippen LogP contribution in [0.3, 0.4) is 0 Å². The van der Waals surface area contributed by atoms with Crippen LogP contribution >= 0.6 is 23.4 Å². The molecule has 0 fully saturated rings. The molecule has 3 rings (SSSR count). The molecule has 1 unspecified atom stereocenters. The lowest BCUT2D eigenvalue weighted by atomic mass is 10.2. The van der Waals surface area contributed by atoms with Crippen LogP contribution in [0.5, 0.6) is 11.5 Å². The van der Waals surface area contributed by atoms with Gasteiger partial charge in [0.2, 0.25) is 0 Å². The molecule has 160 valence electrons. The number of thioether (sulfide) groups is 1. The maximum absolute atomic E-state index is 12.6. The molecule has 0 radical (unpaired) electrons. The second-order valence-electron chi connectivity index (χ2n) is 7.46. The topological polar surface area (TPSA) is 71.0 Å². The van der Waals surface area contributed by atoms with Gasteiger partial charge in [-0.2, -0.15) is 0 Å². The van der Waals surface area contributed by atoms with Crippen LogP contribution in [0, 0.1) is 0 Å². The molecule has 1 aliphatic heterocycles. The summed E-state index contributed by atoms with van der Waals surface area (Å²) in [6.45, 7) is 3.45. The van der Waals surface area contributed by atoms with Crippen molar-refractivity contribution in [2.24, 2.45) is 0 Å². The van der Waals surface area contributed by atoms with Gasteiger partial charge < -0.3 is 19.9 Å². The lowest BCUT2D eigenvalue weighted by Crippen LogP contribution is -2.44. The van der Waals surface area contributed by atoms with Crippen LogP contribution in [0.1, 0.15) is 19.4 Å². The molecule has 2 N–H and O–H groups in total. The summed E-state index contributed by atoms with van der Waals surface area (Å²) in [5.41, 5.74) is 0.830. The van der Waals surface area contributed by atoms with Gasteiger partial charge in [-0.25, -0.2) is 4.79 Å². The van der Waals surface area contributed by atoms with E-state index in [1.165, 1.54) is 12.0 Å². The molecule has 2 aromatic carbocycles. The number of amides is 2. The van der Waals surface area contributed by atoms with Crippen LogP contribution in [0.4, 0.5) is 10.5 Å². The van der Waals surface area contributed by atoms with E-state index in [1.54, 1.807) is 50.0 Å². The third-order valence-corrected chi connectivity index (χ3v) is 5.63. The van der Waals surface area contributed by atoms with Gasteiger partial charge in [0, 0.05) is 23.0 Å². The number of ether oxygens (including phenoxy) is 2. The van der Waals surface area contributed by atoms with Crippen molar-refractivity contribution in [1.29, 1.82) is 0 Å². The van der Waals surface area contributed by atoms with Gasteiger partial charge in [0.1, 0.15) is 6.61 Å². The van der Waals surface area contributed by atoms with Crippen molar-refractivity contribution >= 4 is 35.1 Å². The lowest BCUT2D eigenvalue weighted by molar-refractivity contribution is 0.0276. The van der Waals surface area contributed by atoms with Crippen LogP contribution in [0.25, 0.3) is 0 Å². The van der Waals surface area contributed by atoms with Gasteiger partial charge in [-0.05, 0) is 49.8 Å². The number of methoxy groups -OCH3 is 1. The van der Waals surface area contributed by atoms with Gasteiger partial charge in [-0.15, -0.1) is 11.8 Å². The lowest BCUT2D eigenvalue weighted by Gasteiger charge is -2.28. The summed E-state index contributed by atoms with van der Waals surface area (Å²) in [5, 5.41) is 13.4. The van der Waals surface area contributed by atoms with E-state index >= 15 is 0 Å². The second-order valence-corrected chi connectivity index (χ2v) is 9.02. The van der Waals surface area contributed by atoms with E-state index < -0.39 is 5.60 Å². The van der Waals surface area contributed by atoms with E-state index in [0.29, 0.717) is 22.2 Å². The van der Waals surface area contributed by atoms with Gasteiger partial charge in [0.15, 0.2) is 11.5 Å². The molecule has 1 heterocycles. The fourth-order valence-corrected chi connectivity index (χ4v) is 3.77. The molecule has 0 spiro atoms. The number of urea groups is 1. The van der Waals surface area contributed by atoms with E-state index in [2.05, 4.69) is 5.32 Å². The first-order valence-corrected chi connectivity index (χ1v) is 10.9. The zero-order valence-electron chi connectivity index (χ0n) is 17.1. The number of carbonyl (C=O) groups is 1. The Morgan fingerprint density at radius 1 is 1.20 bits per heavy atom. The van der Waals surface area contributed by atoms with Gasteiger partial charge in [0.05, 0.1) is 23.8 Å². The molecule has 1 aliphatic rings. The molecule has 2 amide bonds. The second kappa shape index (κ2) is 9.64. The predicted octanol–water partition coefficient (Wildman–Crippen LogP) is 4.80. The fourth-order valence-electron chi connectivity index (χ4n) is 2.72. The summed E-state index contributed by atoms with van der Waals surface area (Å²) < 4.78 is 11.0. The van der Waals surface area contributed by atoms with Crippen LogP contribution in [0.15, 0.2) is 54.7 Å². The molecule has 0 saturated carbocycles. The summed E-state index contributed by atoms with van der Waals surface area (Å²) in [4.78, 5) is 14.1. The third-order valence-electron chi connectivity index (χ3n) is 4.24. The summed E-state index contributed by atoms with van der Waals surface area (Å²) in [6, 6.07) is 12.7. The molecule has 0 aromatic heterocycles. The molecule has 8 heteroatoms. The Bertz CT molecular complexity index is 912. The maximum atomic E-state index is 12.6. The minimum Gasteiger partial charge on any atom is -0.493 e. The molecule has 0 saturated heterocycles. The molecule has 2 aromatic rings. The van der Waals surface area contributed by atoms with Crippen molar-refractivity contribution in [3.05, 3.63) is 65.3 Å². The number of nitrogens with one attached hydrogen (secondary N) is 1. The Morgan fingerprint density at radius 3 is 2.57 bits per heavy atom. The normalized spacial score (nSPS) is 16.4. The molecule has 6 nitrogen and oxygen atoms in total. The minimum absolute atomic E-state index is 0.124. The number of hydrogen-bond donors (Lipinski definition) is 2. The molecule has 1 atom stereocenters. The van der Waals surface area contributed by atoms with Crippen LogP contribution in [-0.2, 0) is 5.75 Å². The van der Waals surface area contributed by atoms with Crippen molar-refractivity contribution < 1.29 is 19.4 Å². The monoisotopic (exact) mass is 448 g/mol. The van der Waals surface area contributed by atoms with Crippen molar-refractivity contribution in [1.82, 2.24) is 5.32 Å². The minimum atomic E-state index is -0.960. The van der Waals surface area contributed by atoms with E-state index in [1.807, 2.05) is 30.3 Å². The summed E-state index contributed by atoms with van der Waals surface area (Å²) >= 11 is 7.53. The van der Waals surface area contributed by atoms with Crippen LogP contribution in [0.2, 0.25) is 5.02 Å². The zero-order chi connectivity index (χ0) is 21.7. The molecule has 0 bridgehead atoms. The first-order chi connectivity index (χ1) is 14.2. The Kier molecular flexibility index (Phi) is 7.18. The predicted molar refractivity (Wildman–Crippen MR) is 121 cm³/mol. The molecule has 0 aliphatic carbocycles. The van der Waals surface area contributed by atoms with Gasteiger partial charge in [-0.3, -0.25) is 4.90 Å². The van der Waals surface area contributed by atoms with Crippen molar-refractivity contribution in [2.45, 2.75) is 30.6 Å². The summed E-state index contributed by atoms with van der Waals surface area (Å²) in [5.74, 6) is 1.74. The maximum Gasteiger partial charge on any atom is 0.327 e. The average molecular weight is 449 g/mol. The van der Waals surface area contributed by atoms with Gasteiger partial charge in [0.25, 0.3) is 0 Å². The van der Waals surface area contributed by atoms with E-state index in [0.717, 1.165) is 11.3 Å². The highest BCUT2D eigenvalue weighted by Crippen LogP contribution is 2.33. The standard InChI is InChI=1S/C22H25ClN2O4S/c1-22(2,27)14-29-18-9-8-17(12-19(18)28-3)25-11-10-20(24-21(25)26)30-13-15-4-6-16(23)7-5-15/h4-12,20,27H,13-14H2,1-3H3,(H,24,26). The molecular formula is C22H25ClN2O4S. The highest BCUT2D eigenvalue weighted by Gasteiger charge is 2.23. The van der Waals surface area contributed by atoms with Crippen molar-refractivity contribution in [2.75, 3.05) is 18.6 Å². The van der Waals surface area contributed by atoms with Gasteiger partial charge >= 0.3 is 6.03 Å². The number of halogens is 1. The Balaban J connectivity index is 1.65. The largest absolute Gasteiger partial charge is 0.493 e. The third kappa shape index (κ3) is 6.08. The number of rotatable bonds is 8.